The van der Waals surface area contributed by atoms with Crippen molar-refractivity contribution in [3.8, 4) is 0 Å². The van der Waals surface area contributed by atoms with Crippen molar-refractivity contribution in [3.05, 3.63) is 34.9 Å². The third kappa shape index (κ3) is 4.49. The fourth-order valence-corrected chi connectivity index (χ4v) is 2.06. The normalized spacial score (nSPS) is 13.1. The van der Waals surface area contributed by atoms with E-state index in [4.69, 9.17) is 5.84 Å². The lowest BCUT2D eigenvalue weighted by molar-refractivity contribution is 0.455. The summed E-state index contributed by atoms with van der Waals surface area (Å²) in [7, 11) is 0. The first-order valence-electron chi connectivity index (χ1n) is 6.58. The van der Waals surface area contributed by atoms with Crippen molar-refractivity contribution in [3.63, 3.8) is 0 Å². The molecule has 2 heteroatoms. The molecule has 0 saturated carbocycles. The second kappa shape index (κ2) is 6.77. The zero-order valence-electron chi connectivity index (χ0n) is 11.6. The molecule has 0 spiro atoms. The van der Waals surface area contributed by atoms with E-state index >= 15 is 0 Å². The van der Waals surface area contributed by atoms with Crippen LogP contribution in [0.25, 0.3) is 0 Å². The molecule has 0 aromatic heterocycles. The molecule has 1 unspecified atom stereocenters. The molecule has 0 heterocycles. The first-order valence-corrected chi connectivity index (χ1v) is 6.58. The highest BCUT2D eigenvalue weighted by Crippen LogP contribution is 2.22. The van der Waals surface area contributed by atoms with Crippen LogP contribution in [-0.2, 0) is 0 Å². The van der Waals surface area contributed by atoms with Crippen LogP contribution < -0.4 is 11.3 Å². The molecular formula is C15H26N2. The highest BCUT2D eigenvalue weighted by Gasteiger charge is 2.10. The van der Waals surface area contributed by atoms with Crippen molar-refractivity contribution >= 4 is 0 Å². The smallest absolute Gasteiger partial charge is 0.0460 e. The summed E-state index contributed by atoms with van der Waals surface area (Å²) in [5, 5.41) is 0. The maximum Gasteiger partial charge on any atom is 0.0460 e. The summed E-state index contributed by atoms with van der Waals surface area (Å²) in [4.78, 5) is 0. The molecule has 0 saturated heterocycles. The van der Waals surface area contributed by atoms with E-state index in [0.717, 1.165) is 12.3 Å². The second-order valence-corrected chi connectivity index (χ2v) is 5.39. The van der Waals surface area contributed by atoms with Crippen molar-refractivity contribution in [1.82, 2.24) is 5.43 Å². The molecule has 1 aromatic rings. The van der Waals surface area contributed by atoms with Crippen LogP contribution >= 0.6 is 0 Å². The zero-order chi connectivity index (χ0) is 12.8. The minimum absolute atomic E-state index is 0.285. The van der Waals surface area contributed by atoms with Gasteiger partial charge < -0.3 is 0 Å². The molecule has 0 radical (unpaired) electrons. The third-order valence-electron chi connectivity index (χ3n) is 3.41. The van der Waals surface area contributed by atoms with Crippen molar-refractivity contribution in [2.45, 2.75) is 53.0 Å². The molecule has 0 amide bonds. The van der Waals surface area contributed by atoms with Gasteiger partial charge in [0, 0.05) is 6.04 Å². The SMILES string of the molecule is Cc1ccc(C(CCCC(C)C)NN)cc1C. The van der Waals surface area contributed by atoms with Crippen LogP contribution in [0, 0.1) is 19.8 Å². The molecule has 0 aliphatic carbocycles. The van der Waals surface area contributed by atoms with Crippen LogP contribution in [0.1, 0.15) is 55.8 Å². The lowest BCUT2D eigenvalue weighted by atomic mass is 9.96. The molecule has 17 heavy (non-hydrogen) atoms. The first kappa shape index (κ1) is 14.2. The summed E-state index contributed by atoms with van der Waals surface area (Å²) in [5.41, 5.74) is 6.92. The van der Waals surface area contributed by atoms with Crippen molar-refractivity contribution < 1.29 is 0 Å². The van der Waals surface area contributed by atoms with Crippen LogP contribution in [0.15, 0.2) is 18.2 Å². The van der Waals surface area contributed by atoms with Gasteiger partial charge in [-0.1, -0.05) is 44.9 Å². The molecule has 1 rings (SSSR count). The van der Waals surface area contributed by atoms with Gasteiger partial charge in [0.15, 0.2) is 0 Å². The van der Waals surface area contributed by atoms with Crippen LogP contribution in [0.3, 0.4) is 0 Å². The second-order valence-electron chi connectivity index (χ2n) is 5.39. The van der Waals surface area contributed by atoms with Gasteiger partial charge in [-0.15, -0.1) is 0 Å². The molecule has 0 bridgehead atoms. The molecule has 2 nitrogen and oxygen atoms in total. The molecule has 0 aliphatic rings. The Bertz CT molecular complexity index is 345. The summed E-state index contributed by atoms with van der Waals surface area (Å²) in [6, 6.07) is 6.89. The van der Waals surface area contributed by atoms with Crippen molar-refractivity contribution in [2.75, 3.05) is 0 Å². The van der Waals surface area contributed by atoms with Gasteiger partial charge in [-0.2, -0.15) is 0 Å². The molecular weight excluding hydrogens is 208 g/mol. The number of aryl methyl sites for hydroxylation is 2. The van der Waals surface area contributed by atoms with E-state index in [1.165, 1.54) is 29.5 Å². The first-order chi connectivity index (χ1) is 8.04. The summed E-state index contributed by atoms with van der Waals surface area (Å²) in [5.74, 6) is 6.43. The minimum atomic E-state index is 0.285. The van der Waals surface area contributed by atoms with Gasteiger partial charge in [0.1, 0.15) is 0 Å². The van der Waals surface area contributed by atoms with Crippen LogP contribution in [0.4, 0.5) is 0 Å². The van der Waals surface area contributed by atoms with Gasteiger partial charge in [-0.25, -0.2) is 0 Å². The fourth-order valence-electron chi connectivity index (χ4n) is 2.06. The minimum Gasteiger partial charge on any atom is -0.271 e. The number of nitrogens with one attached hydrogen (secondary N) is 1. The van der Waals surface area contributed by atoms with Gasteiger partial charge in [0.25, 0.3) is 0 Å². The Morgan fingerprint density at radius 3 is 2.35 bits per heavy atom. The predicted octanol–water partition coefficient (Wildman–Crippen LogP) is 3.63. The van der Waals surface area contributed by atoms with Crippen LogP contribution in [0.2, 0.25) is 0 Å². The summed E-state index contributed by atoms with van der Waals surface area (Å²) < 4.78 is 0. The third-order valence-corrected chi connectivity index (χ3v) is 3.41. The number of hydrazine groups is 1. The Labute approximate surface area is 106 Å². The van der Waals surface area contributed by atoms with Gasteiger partial charge in [-0.3, -0.25) is 11.3 Å². The number of nitrogens with two attached hydrogens (primary N) is 1. The lowest BCUT2D eigenvalue weighted by Gasteiger charge is -2.18. The average Bonchev–Trinajstić information content (AvgIpc) is 2.28. The van der Waals surface area contributed by atoms with Gasteiger partial charge in [0.05, 0.1) is 0 Å². The Kier molecular flexibility index (Phi) is 5.66. The van der Waals surface area contributed by atoms with Crippen LogP contribution in [0.5, 0.6) is 0 Å². The number of hydrogen-bond acceptors (Lipinski definition) is 2. The molecule has 1 aromatic carbocycles. The predicted molar refractivity (Wildman–Crippen MR) is 74.7 cm³/mol. The Morgan fingerprint density at radius 2 is 1.82 bits per heavy atom. The molecule has 96 valence electrons. The van der Waals surface area contributed by atoms with E-state index in [-0.39, 0.29) is 6.04 Å². The highest BCUT2D eigenvalue weighted by molar-refractivity contribution is 5.31. The summed E-state index contributed by atoms with van der Waals surface area (Å²) in [6.45, 7) is 8.82. The molecule has 0 fully saturated rings. The van der Waals surface area contributed by atoms with E-state index < -0.39 is 0 Å². The van der Waals surface area contributed by atoms with E-state index in [9.17, 15) is 0 Å². The molecule has 1 atom stereocenters. The number of benzene rings is 1. The number of hydrogen-bond donors (Lipinski definition) is 2. The van der Waals surface area contributed by atoms with Gasteiger partial charge >= 0.3 is 0 Å². The van der Waals surface area contributed by atoms with Crippen molar-refractivity contribution in [2.24, 2.45) is 11.8 Å². The Hall–Kier alpha value is -0.860. The maximum atomic E-state index is 5.66. The fraction of sp³-hybridized carbons (Fsp3) is 0.600. The van der Waals surface area contributed by atoms with Crippen LogP contribution in [-0.4, -0.2) is 0 Å². The topological polar surface area (TPSA) is 38.0 Å². The highest BCUT2D eigenvalue weighted by atomic mass is 15.2. The Morgan fingerprint density at radius 1 is 1.12 bits per heavy atom. The zero-order valence-corrected chi connectivity index (χ0v) is 11.6. The van der Waals surface area contributed by atoms with E-state index in [0.29, 0.717) is 0 Å². The Balaban J connectivity index is 2.62. The maximum absolute atomic E-state index is 5.66. The van der Waals surface area contributed by atoms with E-state index in [1.54, 1.807) is 0 Å². The standard InChI is InChI=1S/C15H26N2/c1-11(2)6-5-7-15(17-16)14-9-8-12(3)13(4)10-14/h8-11,15,17H,5-7,16H2,1-4H3. The van der Waals surface area contributed by atoms with Gasteiger partial charge in [-0.05, 0) is 42.9 Å². The largest absolute Gasteiger partial charge is 0.271 e. The quantitative estimate of drug-likeness (QED) is 0.582. The molecule has 0 aliphatic heterocycles. The van der Waals surface area contributed by atoms with Gasteiger partial charge in [0.2, 0.25) is 0 Å². The molecule has 3 N–H and O–H groups in total. The van der Waals surface area contributed by atoms with E-state index in [1.807, 2.05) is 0 Å². The van der Waals surface area contributed by atoms with E-state index in [2.05, 4.69) is 51.3 Å². The summed E-state index contributed by atoms with van der Waals surface area (Å²) >= 11 is 0. The van der Waals surface area contributed by atoms with Crippen molar-refractivity contribution in [1.29, 1.82) is 0 Å². The lowest BCUT2D eigenvalue weighted by Crippen LogP contribution is -2.28. The number of rotatable bonds is 6. The monoisotopic (exact) mass is 234 g/mol. The summed E-state index contributed by atoms with van der Waals surface area (Å²) in [6.07, 6.45) is 3.60. The average molecular weight is 234 g/mol.